The van der Waals surface area contributed by atoms with E-state index in [4.69, 9.17) is 4.74 Å². The van der Waals surface area contributed by atoms with E-state index in [2.05, 4.69) is 0 Å². The third-order valence-corrected chi connectivity index (χ3v) is 2.66. The lowest BCUT2D eigenvalue weighted by molar-refractivity contribution is -0.162. The molecule has 1 aromatic rings. The van der Waals surface area contributed by atoms with Gasteiger partial charge in [-0.2, -0.15) is 0 Å². The van der Waals surface area contributed by atoms with Gasteiger partial charge in [-0.3, -0.25) is 14.5 Å². The highest BCUT2D eigenvalue weighted by atomic mass is 16.5. The van der Waals surface area contributed by atoms with Crippen molar-refractivity contribution in [2.24, 2.45) is 0 Å². The first-order valence-corrected chi connectivity index (χ1v) is 5.32. The molecule has 5 heteroatoms. The van der Waals surface area contributed by atoms with Gasteiger partial charge in [-0.15, -0.1) is 0 Å². The van der Waals surface area contributed by atoms with E-state index < -0.39 is 17.9 Å². The van der Waals surface area contributed by atoms with Crippen LogP contribution in [-0.2, 0) is 14.3 Å². The second-order valence-electron chi connectivity index (χ2n) is 3.76. The van der Waals surface area contributed by atoms with Gasteiger partial charge in [-0.25, -0.2) is 0 Å². The predicted octanol–water partition coefficient (Wildman–Crippen LogP) is 0.105. The van der Waals surface area contributed by atoms with Crippen LogP contribution < -0.4 is 0 Å². The van der Waals surface area contributed by atoms with Gasteiger partial charge in [0.2, 0.25) is 0 Å². The van der Waals surface area contributed by atoms with Gasteiger partial charge in [0.25, 0.3) is 11.8 Å². The lowest BCUT2D eigenvalue weighted by Gasteiger charge is -2.31. The van der Waals surface area contributed by atoms with Crippen LogP contribution in [-0.4, -0.2) is 41.6 Å². The van der Waals surface area contributed by atoms with Gasteiger partial charge in [-0.05, 0) is 5.56 Å². The van der Waals surface area contributed by atoms with Crippen molar-refractivity contribution in [3.05, 3.63) is 35.9 Å². The summed E-state index contributed by atoms with van der Waals surface area (Å²) in [6, 6.07) is 8.36. The molecule has 1 aliphatic heterocycles. The topological polar surface area (TPSA) is 66.8 Å². The van der Waals surface area contributed by atoms with Gasteiger partial charge >= 0.3 is 0 Å². The van der Waals surface area contributed by atoms with Gasteiger partial charge in [0.15, 0.2) is 0 Å². The molecule has 2 rings (SSSR count). The predicted molar refractivity (Wildman–Crippen MR) is 58.9 cm³/mol. The van der Waals surface area contributed by atoms with Gasteiger partial charge in [0.1, 0.15) is 13.2 Å². The first-order chi connectivity index (χ1) is 8.24. The number of ether oxygens (including phenoxy) is 1. The Morgan fingerprint density at radius 2 is 1.76 bits per heavy atom. The number of hydrogen-bond donors (Lipinski definition) is 1. The normalized spacial score (nSPS) is 18.3. The van der Waals surface area contributed by atoms with E-state index in [1.807, 2.05) is 6.07 Å². The van der Waals surface area contributed by atoms with Crippen LogP contribution in [0.1, 0.15) is 11.6 Å². The number of morpholine rings is 1. The number of aliphatic hydroxyl groups is 1. The lowest BCUT2D eigenvalue weighted by Crippen LogP contribution is -2.48. The van der Waals surface area contributed by atoms with Crippen molar-refractivity contribution < 1.29 is 19.4 Å². The molecule has 17 heavy (non-hydrogen) atoms. The molecular formula is C12H13NO4. The van der Waals surface area contributed by atoms with Gasteiger partial charge in [0, 0.05) is 0 Å². The van der Waals surface area contributed by atoms with Crippen molar-refractivity contribution in [1.82, 2.24) is 4.90 Å². The smallest absolute Gasteiger partial charge is 0.255 e. The van der Waals surface area contributed by atoms with E-state index in [-0.39, 0.29) is 19.8 Å². The largest absolute Gasteiger partial charge is 0.394 e. The van der Waals surface area contributed by atoms with Crippen LogP contribution in [0.4, 0.5) is 0 Å². The Morgan fingerprint density at radius 3 is 2.29 bits per heavy atom. The van der Waals surface area contributed by atoms with Crippen molar-refractivity contribution in [1.29, 1.82) is 0 Å². The molecule has 5 nitrogen and oxygen atoms in total. The third-order valence-electron chi connectivity index (χ3n) is 2.66. The highest BCUT2D eigenvalue weighted by Crippen LogP contribution is 2.22. The molecule has 1 fully saturated rings. The van der Waals surface area contributed by atoms with Crippen LogP contribution in [0.15, 0.2) is 30.3 Å². The summed E-state index contributed by atoms with van der Waals surface area (Å²) in [5.74, 6) is -0.826. The molecule has 1 N–H and O–H groups in total. The molecule has 0 radical (unpaired) electrons. The molecule has 90 valence electrons. The summed E-state index contributed by atoms with van der Waals surface area (Å²) in [7, 11) is 0. The van der Waals surface area contributed by atoms with Crippen LogP contribution in [0.3, 0.4) is 0 Å². The van der Waals surface area contributed by atoms with E-state index >= 15 is 0 Å². The quantitative estimate of drug-likeness (QED) is 0.755. The average molecular weight is 235 g/mol. The molecule has 2 amide bonds. The molecule has 1 aromatic carbocycles. The Bertz CT molecular complexity index is 402. The van der Waals surface area contributed by atoms with E-state index in [9.17, 15) is 14.7 Å². The maximum atomic E-state index is 11.6. The second kappa shape index (κ2) is 5.07. The zero-order chi connectivity index (χ0) is 12.3. The lowest BCUT2D eigenvalue weighted by atomic mass is 10.1. The highest BCUT2D eigenvalue weighted by molar-refractivity contribution is 5.98. The fourth-order valence-corrected chi connectivity index (χ4v) is 1.86. The summed E-state index contributed by atoms with van der Waals surface area (Å²) in [5, 5.41) is 9.38. The number of benzene rings is 1. The minimum absolute atomic E-state index is 0.116. The van der Waals surface area contributed by atoms with E-state index in [0.29, 0.717) is 0 Å². The molecule has 0 spiro atoms. The van der Waals surface area contributed by atoms with Crippen LogP contribution in [0, 0.1) is 0 Å². The first-order valence-electron chi connectivity index (χ1n) is 5.32. The Hall–Kier alpha value is -1.72. The molecule has 0 unspecified atom stereocenters. The van der Waals surface area contributed by atoms with Crippen molar-refractivity contribution in [2.45, 2.75) is 6.04 Å². The molecule has 1 atom stereocenters. The summed E-state index contributed by atoms with van der Waals surface area (Å²) in [4.78, 5) is 24.4. The van der Waals surface area contributed by atoms with Gasteiger partial charge in [-0.1, -0.05) is 30.3 Å². The number of aliphatic hydroxyl groups excluding tert-OH is 1. The third kappa shape index (κ3) is 2.35. The maximum Gasteiger partial charge on any atom is 0.255 e. The fourth-order valence-electron chi connectivity index (χ4n) is 1.86. The zero-order valence-corrected chi connectivity index (χ0v) is 9.20. The minimum Gasteiger partial charge on any atom is -0.394 e. The molecule has 0 bridgehead atoms. The number of carbonyl (C=O) groups is 2. The van der Waals surface area contributed by atoms with Crippen molar-refractivity contribution in [3.63, 3.8) is 0 Å². The zero-order valence-electron chi connectivity index (χ0n) is 9.20. The fraction of sp³-hybridized carbons (Fsp3) is 0.333. The number of rotatable bonds is 3. The molecule has 1 saturated heterocycles. The van der Waals surface area contributed by atoms with Crippen LogP contribution in [0.2, 0.25) is 0 Å². The number of hydrogen-bond acceptors (Lipinski definition) is 4. The number of nitrogens with zero attached hydrogens (tertiary/aromatic N) is 1. The summed E-state index contributed by atoms with van der Waals surface area (Å²) in [5.41, 5.74) is 0.735. The van der Waals surface area contributed by atoms with Gasteiger partial charge in [0.05, 0.1) is 12.6 Å². The van der Waals surface area contributed by atoms with Crippen LogP contribution in [0.5, 0.6) is 0 Å². The Kier molecular flexibility index (Phi) is 3.51. The highest BCUT2D eigenvalue weighted by Gasteiger charge is 2.33. The van der Waals surface area contributed by atoms with E-state index in [0.717, 1.165) is 10.5 Å². The Morgan fingerprint density at radius 1 is 1.18 bits per heavy atom. The van der Waals surface area contributed by atoms with Crippen molar-refractivity contribution >= 4 is 11.8 Å². The Labute approximate surface area is 98.6 Å². The first kappa shape index (κ1) is 11.8. The van der Waals surface area contributed by atoms with E-state index in [1.165, 1.54) is 0 Å². The standard InChI is InChI=1S/C12H13NO4/c14-6-10(9-4-2-1-3-5-9)13-11(15)7-17-8-12(13)16/h1-5,10,14H,6-8H2/t10-/m0/s1. The van der Waals surface area contributed by atoms with Crippen LogP contribution >= 0.6 is 0 Å². The molecule has 0 saturated carbocycles. The summed E-state index contributed by atoms with van der Waals surface area (Å²) in [6.45, 7) is -0.522. The maximum absolute atomic E-state index is 11.6. The number of imide groups is 1. The van der Waals surface area contributed by atoms with Gasteiger partial charge < -0.3 is 9.84 Å². The molecular weight excluding hydrogens is 222 g/mol. The number of amides is 2. The second-order valence-corrected chi connectivity index (χ2v) is 3.76. The minimum atomic E-state index is -0.625. The SMILES string of the molecule is O=C1COCC(=O)N1[C@@H](CO)c1ccccc1. The summed E-state index contributed by atoms with van der Waals surface area (Å²) < 4.78 is 4.83. The van der Waals surface area contributed by atoms with Crippen LogP contribution in [0.25, 0.3) is 0 Å². The van der Waals surface area contributed by atoms with E-state index in [1.54, 1.807) is 24.3 Å². The molecule has 0 aromatic heterocycles. The monoisotopic (exact) mass is 235 g/mol. The van der Waals surface area contributed by atoms with Crippen molar-refractivity contribution in [2.75, 3.05) is 19.8 Å². The molecule has 0 aliphatic carbocycles. The summed E-state index contributed by atoms with van der Waals surface area (Å²) >= 11 is 0. The molecule has 1 aliphatic rings. The Balaban J connectivity index is 2.29. The van der Waals surface area contributed by atoms with Crippen molar-refractivity contribution in [3.8, 4) is 0 Å². The average Bonchev–Trinajstić information content (AvgIpc) is 2.35. The summed E-state index contributed by atoms with van der Waals surface area (Å²) in [6.07, 6.45) is 0. The molecule has 1 heterocycles. The number of carbonyl (C=O) groups excluding carboxylic acids is 2.